The lowest BCUT2D eigenvalue weighted by molar-refractivity contribution is -0.136. The summed E-state index contributed by atoms with van der Waals surface area (Å²) in [5.41, 5.74) is 0.246. The van der Waals surface area contributed by atoms with E-state index in [4.69, 9.17) is 21.1 Å². The highest BCUT2D eigenvalue weighted by atomic mass is 35.5. The summed E-state index contributed by atoms with van der Waals surface area (Å²) >= 11 is 5.96. The van der Waals surface area contributed by atoms with E-state index in [1.807, 2.05) is 11.9 Å². The third kappa shape index (κ3) is 7.41. The second-order valence-electron chi connectivity index (χ2n) is 9.61. The quantitative estimate of drug-likeness (QED) is 0.544. The van der Waals surface area contributed by atoms with Gasteiger partial charge in [0, 0.05) is 44.0 Å². The third-order valence-corrected chi connectivity index (χ3v) is 7.08. The number of hydrogen-bond acceptors (Lipinski definition) is 6. The van der Waals surface area contributed by atoms with Crippen molar-refractivity contribution in [3.8, 4) is 11.6 Å². The Morgan fingerprint density at radius 2 is 1.81 bits per heavy atom. The van der Waals surface area contributed by atoms with Crippen molar-refractivity contribution in [1.82, 2.24) is 20.1 Å². The van der Waals surface area contributed by atoms with E-state index in [1.54, 1.807) is 42.6 Å². The second kappa shape index (κ2) is 13.0. The number of amides is 2. The van der Waals surface area contributed by atoms with Crippen LogP contribution >= 0.6 is 11.6 Å². The summed E-state index contributed by atoms with van der Waals surface area (Å²) in [6.45, 7) is 3.61. The van der Waals surface area contributed by atoms with Crippen LogP contribution in [0.3, 0.4) is 0 Å². The fourth-order valence-corrected chi connectivity index (χ4v) is 4.75. The molecular formula is C27H35ClN4O4. The van der Waals surface area contributed by atoms with Gasteiger partial charge in [-0.2, -0.15) is 0 Å². The van der Waals surface area contributed by atoms with Gasteiger partial charge < -0.3 is 24.6 Å². The Bertz CT molecular complexity index is 1010. The Labute approximate surface area is 217 Å². The van der Waals surface area contributed by atoms with Gasteiger partial charge in [-0.1, -0.05) is 30.9 Å². The first kappa shape index (κ1) is 26.4. The van der Waals surface area contributed by atoms with Crippen molar-refractivity contribution in [3.63, 3.8) is 0 Å². The van der Waals surface area contributed by atoms with Gasteiger partial charge in [-0.25, -0.2) is 4.98 Å². The molecule has 1 N–H and O–H groups in total. The highest BCUT2D eigenvalue weighted by Crippen LogP contribution is 2.25. The predicted molar refractivity (Wildman–Crippen MR) is 138 cm³/mol. The van der Waals surface area contributed by atoms with E-state index in [1.165, 1.54) is 19.3 Å². The van der Waals surface area contributed by atoms with Crippen molar-refractivity contribution in [2.75, 3.05) is 46.4 Å². The fourth-order valence-electron chi connectivity index (χ4n) is 4.62. The van der Waals surface area contributed by atoms with Gasteiger partial charge in [0.05, 0.1) is 6.61 Å². The smallest absolute Gasteiger partial charge is 0.257 e. The van der Waals surface area contributed by atoms with Crippen LogP contribution in [0.1, 0.15) is 42.5 Å². The van der Waals surface area contributed by atoms with Gasteiger partial charge in [0.15, 0.2) is 0 Å². The lowest BCUT2D eigenvalue weighted by Crippen LogP contribution is -2.55. The van der Waals surface area contributed by atoms with E-state index in [9.17, 15) is 9.59 Å². The first-order valence-electron chi connectivity index (χ1n) is 12.7. The molecule has 2 aromatic rings. The molecule has 0 spiro atoms. The van der Waals surface area contributed by atoms with E-state index in [0.717, 1.165) is 25.9 Å². The standard InChI is InChI=1S/C27H35ClN4O4/c1-31-14-16-32(17-15-31)27(34)24(19-35-18-20-6-3-2-4-7-20)30-25(33)23-8-5-13-29-26(23)36-22-11-9-21(28)10-12-22/h5,8-13,20,24H,2-4,6-7,14-19H2,1H3,(H,30,33). The van der Waals surface area contributed by atoms with Crippen molar-refractivity contribution >= 4 is 23.4 Å². The molecule has 2 aliphatic rings. The largest absolute Gasteiger partial charge is 0.438 e. The van der Waals surface area contributed by atoms with Crippen molar-refractivity contribution < 1.29 is 19.1 Å². The molecule has 2 amide bonds. The number of likely N-dealkylation sites (N-methyl/N-ethyl adjacent to an activating group) is 1. The Balaban J connectivity index is 1.44. The summed E-state index contributed by atoms with van der Waals surface area (Å²) in [5, 5.41) is 3.49. The van der Waals surface area contributed by atoms with Gasteiger partial charge in [0.2, 0.25) is 11.8 Å². The molecule has 2 fully saturated rings. The van der Waals surface area contributed by atoms with Gasteiger partial charge >= 0.3 is 0 Å². The minimum absolute atomic E-state index is 0.121. The minimum Gasteiger partial charge on any atom is -0.438 e. The van der Waals surface area contributed by atoms with E-state index >= 15 is 0 Å². The van der Waals surface area contributed by atoms with Crippen molar-refractivity contribution in [2.45, 2.75) is 38.1 Å². The van der Waals surface area contributed by atoms with Gasteiger partial charge in [0.1, 0.15) is 17.4 Å². The van der Waals surface area contributed by atoms with Crippen LogP contribution in [0, 0.1) is 5.92 Å². The van der Waals surface area contributed by atoms with Crippen molar-refractivity contribution in [1.29, 1.82) is 0 Å². The predicted octanol–water partition coefficient (Wildman–Crippen LogP) is 4.00. The van der Waals surface area contributed by atoms with Crippen LogP contribution in [-0.4, -0.2) is 79.1 Å². The number of ether oxygens (including phenoxy) is 2. The molecule has 9 heteroatoms. The Morgan fingerprint density at radius 3 is 2.53 bits per heavy atom. The summed E-state index contributed by atoms with van der Waals surface area (Å²) in [4.78, 5) is 35.0. The molecule has 1 atom stereocenters. The van der Waals surface area contributed by atoms with Crippen LogP contribution in [0.5, 0.6) is 11.6 Å². The van der Waals surface area contributed by atoms with Crippen LogP contribution in [0.25, 0.3) is 0 Å². The topological polar surface area (TPSA) is 84.0 Å². The number of aromatic nitrogens is 1. The first-order valence-corrected chi connectivity index (χ1v) is 13.1. The summed E-state index contributed by atoms with van der Waals surface area (Å²) < 4.78 is 11.9. The van der Waals surface area contributed by atoms with Crippen molar-refractivity contribution in [2.24, 2.45) is 5.92 Å². The maximum atomic E-state index is 13.4. The summed E-state index contributed by atoms with van der Waals surface area (Å²) in [7, 11) is 2.04. The van der Waals surface area contributed by atoms with E-state index < -0.39 is 11.9 Å². The first-order chi connectivity index (χ1) is 17.5. The third-order valence-electron chi connectivity index (χ3n) is 6.83. The zero-order chi connectivity index (χ0) is 25.3. The van der Waals surface area contributed by atoms with Crippen LogP contribution < -0.4 is 10.1 Å². The monoisotopic (exact) mass is 514 g/mol. The Kier molecular flexibility index (Phi) is 9.55. The van der Waals surface area contributed by atoms with Gasteiger partial charge in [-0.3, -0.25) is 9.59 Å². The van der Waals surface area contributed by atoms with Crippen molar-refractivity contribution in [3.05, 3.63) is 53.2 Å². The molecule has 0 radical (unpaired) electrons. The van der Waals surface area contributed by atoms with Crippen LogP contribution in [0.15, 0.2) is 42.6 Å². The molecule has 1 aromatic carbocycles. The Morgan fingerprint density at radius 1 is 1.08 bits per heavy atom. The van der Waals surface area contributed by atoms with Crippen LogP contribution in [0.2, 0.25) is 5.02 Å². The molecule has 1 unspecified atom stereocenters. The van der Waals surface area contributed by atoms with Gasteiger partial charge in [-0.15, -0.1) is 0 Å². The maximum absolute atomic E-state index is 13.4. The molecule has 4 rings (SSSR count). The number of pyridine rings is 1. The van der Waals surface area contributed by atoms with Crippen LogP contribution in [0.4, 0.5) is 0 Å². The Hall–Kier alpha value is -2.68. The summed E-state index contributed by atoms with van der Waals surface area (Å²) in [6, 6.07) is 9.33. The molecule has 1 saturated carbocycles. The molecule has 2 heterocycles. The zero-order valence-corrected chi connectivity index (χ0v) is 21.6. The van der Waals surface area contributed by atoms with Crippen LogP contribution in [-0.2, 0) is 9.53 Å². The molecule has 1 saturated heterocycles. The highest BCUT2D eigenvalue weighted by molar-refractivity contribution is 6.30. The number of nitrogens with zero attached hydrogens (tertiary/aromatic N) is 3. The average molecular weight is 515 g/mol. The number of carbonyl (C=O) groups excluding carboxylic acids is 2. The average Bonchev–Trinajstić information content (AvgIpc) is 2.90. The minimum atomic E-state index is -0.784. The lowest BCUT2D eigenvalue weighted by atomic mass is 9.90. The second-order valence-corrected chi connectivity index (χ2v) is 10.0. The molecule has 0 bridgehead atoms. The highest BCUT2D eigenvalue weighted by Gasteiger charge is 2.30. The molecular weight excluding hydrogens is 480 g/mol. The summed E-state index contributed by atoms with van der Waals surface area (Å²) in [6.07, 6.45) is 7.61. The molecule has 1 aliphatic carbocycles. The molecule has 8 nitrogen and oxygen atoms in total. The number of piperazine rings is 1. The zero-order valence-electron chi connectivity index (χ0n) is 20.8. The maximum Gasteiger partial charge on any atom is 0.257 e. The number of carbonyl (C=O) groups is 2. The molecule has 1 aliphatic heterocycles. The number of hydrogen-bond donors (Lipinski definition) is 1. The van der Waals surface area contributed by atoms with E-state index in [2.05, 4.69) is 15.2 Å². The SMILES string of the molecule is CN1CCN(C(=O)C(COCC2CCCCC2)NC(=O)c2cccnc2Oc2ccc(Cl)cc2)CC1. The molecule has 36 heavy (non-hydrogen) atoms. The number of rotatable bonds is 9. The van der Waals surface area contributed by atoms with Gasteiger partial charge in [-0.05, 0) is 62.2 Å². The number of benzene rings is 1. The number of halogens is 1. The van der Waals surface area contributed by atoms with Gasteiger partial charge in [0.25, 0.3) is 5.91 Å². The van der Waals surface area contributed by atoms with E-state index in [-0.39, 0.29) is 24.0 Å². The number of nitrogens with one attached hydrogen (secondary N) is 1. The molecule has 194 valence electrons. The fraction of sp³-hybridized carbons (Fsp3) is 0.519. The summed E-state index contributed by atoms with van der Waals surface area (Å²) in [5.74, 6) is 0.635. The normalized spacial score (nSPS) is 18.0. The van der Waals surface area contributed by atoms with E-state index in [0.29, 0.717) is 36.4 Å². The lowest BCUT2D eigenvalue weighted by Gasteiger charge is -2.35. The molecule has 1 aromatic heterocycles.